The molecule has 1 atom stereocenters. The second-order valence-corrected chi connectivity index (χ2v) is 4.65. The molecule has 0 spiro atoms. The molecule has 0 heterocycles. The molecule has 0 aromatic heterocycles. The van der Waals surface area contributed by atoms with Crippen LogP contribution in [0.3, 0.4) is 0 Å². The van der Waals surface area contributed by atoms with Crippen LogP contribution >= 0.6 is 22.6 Å². The maximum atomic E-state index is 8.85. The van der Waals surface area contributed by atoms with Gasteiger partial charge in [0.2, 0.25) is 0 Å². The van der Waals surface area contributed by atoms with E-state index in [2.05, 4.69) is 27.9 Å². The van der Waals surface area contributed by atoms with E-state index >= 15 is 0 Å². The zero-order chi connectivity index (χ0) is 10.6. The van der Waals surface area contributed by atoms with E-state index in [1.54, 1.807) is 0 Å². The molecule has 0 aliphatic carbocycles. The van der Waals surface area contributed by atoms with Gasteiger partial charge in [-0.2, -0.15) is 0 Å². The van der Waals surface area contributed by atoms with Crippen LogP contribution < -0.4 is 11.1 Å². The van der Waals surface area contributed by atoms with Crippen LogP contribution in [0.5, 0.6) is 0 Å². The summed E-state index contributed by atoms with van der Waals surface area (Å²) in [4.78, 5) is 0. The number of nitrogens with two attached hydrogens (primary N) is 1. The average molecular weight is 306 g/mol. The Labute approximate surface area is 97.8 Å². The van der Waals surface area contributed by atoms with Crippen molar-refractivity contribution < 1.29 is 5.11 Å². The van der Waals surface area contributed by atoms with Crippen LogP contribution in [0.25, 0.3) is 0 Å². The van der Waals surface area contributed by atoms with Crippen LogP contribution in [0, 0.1) is 9.49 Å². The first-order valence-corrected chi connectivity index (χ1v) is 5.61. The molecule has 4 N–H and O–H groups in total. The Morgan fingerprint density at radius 1 is 1.57 bits per heavy atom. The molecule has 78 valence electrons. The Balaban J connectivity index is 2.59. The van der Waals surface area contributed by atoms with E-state index in [1.165, 1.54) is 0 Å². The lowest BCUT2D eigenvalue weighted by molar-refractivity contribution is 0.244. The number of halogens is 1. The Morgan fingerprint density at radius 2 is 2.29 bits per heavy atom. The summed E-state index contributed by atoms with van der Waals surface area (Å²) >= 11 is 2.22. The number of anilines is 2. The number of benzene rings is 1. The predicted octanol–water partition coefficient (Wildman–Crippen LogP) is 1.91. The molecule has 1 aromatic rings. The van der Waals surface area contributed by atoms with Crippen LogP contribution in [-0.4, -0.2) is 18.3 Å². The number of aliphatic hydroxyl groups is 1. The van der Waals surface area contributed by atoms with Crippen molar-refractivity contribution in [3.8, 4) is 0 Å². The number of nitrogen functional groups attached to an aromatic ring is 1. The highest BCUT2D eigenvalue weighted by Crippen LogP contribution is 2.20. The monoisotopic (exact) mass is 306 g/mol. The van der Waals surface area contributed by atoms with Crippen LogP contribution in [0.15, 0.2) is 18.2 Å². The third-order valence-corrected chi connectivity index (χ3v) is 2.64. The Bertz CT molecular complexity index is 304. The molecule has 1 unspecified atom stereocenters. The van der Waals surface area contributed by atoms with E-state index in [9.17, 15) is 0 Å². The van der Waals surface area contributed by atoms with Crippen molar-refractivity contribution in [1.29, 1.82) is 0 Å². The zero-order valence-electron chi connectivity index (χ0n) is 8.13. The molecule has 0 aliphatic heterocycles. The lowest BCUT2D eigenvalue weighted by atomic mass is 10.2. The fourth-order valence-electron chi connectivity index (χ4n) is 1.04. The topological polar surface area (TPSA) is 58.3 Å². The molecule has 1 aromatic carbocycles. The van der Waals surface area contributed by atoms with Gasteiger partial charge in [-0.15, -0.1) is 0 Å². The molecule has 0 saturated heterocycles. The minimum absolute atomic E-state index is 0.192. The van der Waals surface area contributed by atoms with Gasteiger partial charge < -0.3 is 16.2 Å². The van der Waals surface area contributed by atoms with Gasteiger partial charge in [0.1, 0.15) is 0 Å². The van der Waals surface area contributed by atoms with Crippen LogP contribution in [0.4, 0.5) is 11.4 Å². The molecule has 0 radical (unpaired) electrons. The van der Waals surface area contributed by atoms with E-state index < -0.39 is 0 Å². The molecular formula is C10H15IN2O. The Kier molecular flexibility index (Phi) is 4.47. The summed E-state index contributed by atoms with van der Waals surface area (Å²) in [5, 5.41) is 12.1. The summed E-state index contributed by atoms with van der Waals surface area (Å²) in [5.41, 5.74) is 7.51. The summed E-state index contributed by atoms with van der Waals surface area (Å²) in [6.45, 7) is 2.91. The molecular weight excluding hydrogens is 291 g/mol. The lowest BCUT2D eigenvalue weighted by Gasteiger charge is -2.12. The molecule has 0 fully saturated rings. The summed E-state index contributed by atoms with van der Waals surface area (Å²) < 4.78 is 1.13. The van der Waals surface area contributed by atoms with Gasteiger partial charge >= 0.3 is 0 Å². The van der Waals surface area contributed by atoms with Gasteiger partial charge in [0.15, 0.2) is 0 Å². The number of nitrogens with one attached hydrogen (secondary N) is 1. The Hall–Kier alpha value is -0.490. The number of aliphatic hydroxyl groups excluding tert-OH is 1. The van der Waals surface area contributed by atoms with E-state index in [0.717, 1.165) is 21.5 Å². The quantitative estimate of drug-likeness (QED) is 0.588. The van der Waals surface area contributed by atoms with Crippen LogP contribution in [0.1, 0.15) is 6.92 Å². The highest BCUT2D eigenvalue weighted by atomic mass is 127. The maximum Gasteiger partial charge on any atom is 0.0574 e. The molecule has 0 bridgehead atoms. The van der Waals surface area contributed by atoms with Gasteiger partial charge in [0.25, 0.3) is 0 Å². The first-order valence-electron chi connectivity index (χ1n) is 4.53. The SMILES string of the molecule is CC(CO)CNc1ccc(I)cc1N. The summed E-state index contributed by atoms with van der Waals surface area (Å²) in [5.74, 6) is 0.244. The third-order valence-electron chi connectivity index (χ3n) is 1.97. The van der Waals surface area contributed by atoms with Crippen LogP contribution in [-0.2, 0) is 0 Å². The number of rotatable bonds is 4. The van der Waals surface area contributed by atoms with Crippen LogP contribution in [0.2, 0.25) is 0 Å². The predicted molar refractivity (Wildman–Crippen MR) is 68.3 cm³/mol. The van der Waals surface area contributed by atoms with Gasteiger partial charge in [-0.05, 0) is 46.7 Å². The maximum absolute atomic E-state index is 8.85. The molecule has 14 heavy (non-hydrogen) atoms. The van der Waals surface area contributed by atoms with Crippen molar-refractivity contribution in [1.82, 2.24) is 0 Å². The fourth-order valence-corrected chi connectivity index (χ4v) is 1.56. The van der Waals surface area contributed by atoms with Crippen molar-refractivity contribution in [2.75, 3.05) is 24.2 Å². The van der Waals surface area contributed by atoms with Gasteiger partial charge in [-0.1, -0.05) is 6.92 Å². The van der Waals surface area contributed by atoms with E-state index in [0.29, 0.717) is 0 Å². The average Bonchev–Trinajstić information content (AvgIpc) is 2.16. The fraction of sp³-hybridized carbons (Fsp3) is 0.400. The molecule has 0 aliphatic rings. The molecule has 3 nitrogen and oxygen atoms in total. The highest BCUT2D eigenvalue weighted by Gasteiger charge is 2.02. The third kappa shape index (κ3) is 3.34. The van der Waals surface area contributed by atoms with Gasteiger partial charge in [0, 0.05) is 16.7 Å². The van der Waals surface area contributed by atoms with E-state index in [-0.39, 0.29) is 12.5 Å². The van der Waals surface area contributed by atoms with Gasteiger partial charge in [-0.25, -0.2) is 0 Å². The molecule has 1 rings (SSSR count). The van der Waals surface area contributed by atoms with Gasteiger partial charge in [0.05, 0.1) is 11.4 Å². The largest absolute Gasteiger partial charge is 0.397 e. The molecule has 0 amide bonds. The number of hydrogen-bond acceptors (Lipinski definition) is 3. The zero-order valence-corrected chi connectivity index (χ0v) is 10.3. The summed E-state index contributed by atoms with van der Waals surface area (Å²) in [7, 11) is 0. The standard InChI is InChI=1S/C10H15IN2O/c1-7(6-14)5-13-10-3-2-8(11)4-9(10)12/h2-4,7,13-14H,5-6,12H2,1H3. The second kappa shape index (κ2) is 5.41. The minimum atomic E-state index is 0.192. The number of hydrogen-bond donors (Lipinski definition) is 3. The van der Waals surface area contributed by atoms with Crippen molar-refractivity contribution in [3.63, 3.8) is 0 Å². The summed E-state index contributed by atoms with van der Waals surface area (Å²) in [6, 6.07) is 5.89. The van der Waals surface area contributed by atoms with Gasteiger partial charge in [-0.3, -0.25) is 0 Å². The van der Waals surface area contributed by atoms with Crippen molar-refractivity contribution in [2.24, 2.45) is 5.92 Å². The van der Waals surface area contributed by atoms with Crippen molar-refractivity contribution in [3.05, 3.63) is 21.8 Å². The van der Waals surface area contributed by atoms with Crippen molar-refractivity contribution >= 4 is 34.0 Å². The Morgan fingerprint density at radius 3 is 2.86 bits per heavy atom. The normalized spacial score (nSPS) is 12.5. The smallest absolute Gasteiger partial charge is 0.0574 e. The molecule has 0 saturated carbocycles. The first kappa shape index (κ1) is 11.6. The van der Waals surface area contributed by atoms with E-state index in [1.807, 2.05) is 25.1 Å². The summed E-state index contributed by atoms with van der Waals surface area (Å²) in [6.07, 6.45) is 0. The first-order chi connectivity index (χ1) is 6.63. The van der Waals surface area contributed by atoms with E-state index in [4.69, 9.17) is 10.8 Å². The van der Waals surface area contributed by atoms with Crippen molar-refractivity contribution in [2.45, 2.75) is 6.92 Å². The second-order valence-electron chi connectivity index (χ2n) is 3.40. The lowest BCUT2D eigenvalue weighted by Crippen LogP contribution is -2.15. The highest BCUT2D eigenvalue weighted by molar-refractivity contribution is 14.1. The molecule has 4 heteroatoms. The minimum Gasteiger partial charge on any atom is -0.397 e.